The van der Waals surface area contributed by atoms with Gasteiger partial charge in [-0.05, 0) is 59.7 Å². The highest BCUT2D eigenvalue weighted by atomic mass is 16.4. The lowest BCUT2D eigenvalue weighted by Crippen LogP contribution is -2.12. The third-order valence-corrected chi connectivity index (χ3v) is 4.60. The molecule has 0 aliphatic heterocycles. The molecular formula is C23H19NO3. The summed E-state index contributed by atoms with van der Waals surface area (Å²) in [4.78, 5) is 12.8. The Morgan fingerprint density at radius 3 is 2.59 bits per heavy atom. The number of carbonyl (C=O) groups excluding carboxylic acids is 1. The summed E-state index contributed by atoms with van der Waals surface area (Å²) >= 11 is 0. The molecule has 0 aliphatic rings. The largest absolute Gasteiger partial charge is 0.459 e. The van der Waals surface area contributed by atoms with Gasteiger partial charge in [0.2, 0.25) is 0 Å². The Hall–Kier alpha value is -3.37. The van der Waals surface area contributed by atoms with Crippen molar-refractivity contribution in [1.82, 2.24) is 0 Å². The number of hydrogen-bond donors (Lipinski definition) is 2. The topological polar surface area (TPSA) is 62.5 Å². The minimum absolute atomic E-state index is 0.127. The van der Waals surface area contributed by atoms with Gasteiger partial charge in [0, 0.05) is 16.8 Å². The summed E-state index contributed by atoms with van der Waals surface area (Å²) in [6.07, 6.45) is 0. The predicted octanol–water partition coefficient (Wildman–Crippen LogP) is 5.15. The highest BCUT2D eigenvalue weighted by molar-refractivity contribution is 6.13. The normalized spacial score (nSPS) is 10.9. The number of amides is 1. The van der Waals surface area contributed by atoms with E-state index in [1.165, 1.54) is 0 Å². The van der Waals surface area contributed by atoms with Gasteiger partial charge in [0.15, 0.2) is 0 Å². The zero-order valence-corrected chi connectivity index (χ0v) is 14.9. The molecule has 0 saturated carbocycles. The van der Waals surface area contributed by atoms with Crippen molar-refractivity contribution in [3.8, 4) is 11.3 Å². The fraction of sp³-hybridized carbons (Fsp3) is 0.0870. The summed E-state index contributed by atoms with van der Waals surface area (Å²) in [5, 5.41) is 14.1. The highest BCUT2D eigenvalue weighted by Gasteiger charge is 2.12. The van der Waals surface area contributed by atoms with Gasteiger partial charge in [0.05, 0.1) is 0 Å². The van der Waals surface area contributed by atoms with Gasteiger partial charge in [-0.15, -0.1) is 0 Å². The number of benzene rings is 3. The number of aliphatic hydroxyl groups is 1. The van der Waals surface area contributed by atoms with Crippen LogP contribution in [-0.4, -0.2) is 11.0 Å². The van der Waals surface area contributed by atoms with Crippen LogP contribution in [0.3, 0.4) is 0 Å². The maximum absolute atomic E-state index is 12.8. The number of anilines is 1. The van der Waals surface area contributed by atoms with Crippen molar-refractivity contribution in [2.24, 2.45) is 0 Å². The maximum Gasteiger partial charge on any atom is 0.256 e. The van der Waals surface area contributed by atoms with Crippen LogP contribution in [0.4, 0.5) is 5.69 Å². The van der Waals surface area contributed by atoms with E-state index in [4.69, 9.17) is 9.52 Å². The molecule has 0 radical (unpaired) electrons. The summed E-state index contributed by atoms with van der Waals surface area (Å²) in [7, 11) is 0. The number of aliphatic hydroxyl groups excluding tert-OH is 1. The molecule has 0 spiro atoms. The Labute approximate surface area is 157 Å². The van der Waals surface area contributed by atoms with Gasteiger partial charge in [-0.2, -0.15) is 0 Å². The number of fused-ring (bicyclic) bond motifs is 1. The first-order valence-electron chi connectivity index (χ1n) is 8.75. The maximum atomic E-state index is 12.8. The first-order chi connectivity index (χ1) is 13.2. The van der Waals surface area contributed by atoms with Crippen LogP contribution >= 0.6 is 0 Å². The van der Waals surface area contributed by atoms with Crippen molar-refractivity contribution < 1.29 is 14.3 Å². The molecule has 2 N–H and O–H groups in total. The van der Waals surface area contributed by atoms with Crippen molar-refractivity contribution in [1.29, 1.82) is 0 Å². The van der Waals surface area contributed by atoms with E-state index >= 15 is 0 Å². The van der Waals surface area contributed by atoms with Crippen molar-refractivity contribution in [2.75, 3.05) is 5.32 Å². The molecular weight excluding hydrogens is 338 g/mol. The molecule has 3 aromatic carbocycles. The number of carbonyl (C=O) groups is 1. The van der Waals surface area contributed by atoms with E-state index in [2.05, 4.69) is 5.32 Å². The first kappa shape index (κ1) is 17.1. The molecule has 4 rings (SSSR count). The lowest BCUT2D eigenvalue weighted by molar-refractivity contribution is 0.102. The summed E-state index contributed by atoms with van der Waals surface area (Å²) in [6.45, 7) is 1.84. The lowest BCUT2D eigenvalue weighted by atomic mass is 10.0. The molecule has 0 fully saturated rings. The smallest absolute Gasteiger partial charge is 0.256 e. The number of hydrogen-bond acceptors (Lipinski definition) is 3. The molecule has 4 aromatic rings. The molecule has 4 heteroatoms. The SMILES string of the molecule is Cc1cc(NC(=O)c2cccc3ccccc23)ccc1-c1ccc(CO)o1. The van der Waals surface area contributed by atoms with Crippen LogP contribution in [-0.2, 0) is 6.61 Å². The van der Waals surface area contributed by atoms with Crippen molar-refractivity contribution in [3.05, 3.63) is 89.7 Å². The second kappa shape index (κ2) is 7.09. The fourth-order valence-electron chi connectivity index (χ4n) is 3.25. The Kier molecular flexibility index (Phi) is 4.48. The zero-order chi connectivity index (χ0) is 18.8. The third kappa shape index (κ3) is 3.35. The van der Waals surface area contributed by atoms with Crippen LogP contribution in [0, 0.1) is 6.92 Å². The van der Waals surface area contributed by atoms with Crippen LogP contribution in [0.15, 0.2) is 77.2 Å². The standard InChI is InChI=1S/C23H19NO3/c1-15-13-17(9-11-19(15)22-12-10-18(14-25)27-22)24-23(26)21-8-4-6-16-5-2-3-7-20(16)21/h2-13,25H,14H2,1H3,(H,24,26). The first-order valence-corrected chi connectivity index (χ1v) is 8.75. The molecule has 0 unspecified atom stereocenters. The van der Waals surface area contributed by atoms with Crippen LogP contribution < -0.4 is 5.32 Å². The van der Waals surface area contributed by atoms with E-state index in [0.717, 1.165) is 27.6 Å². The summed E-state index contributed by atoms with van der Waals surface area (Å²) in [5.74, 6) is 1.08. The molecule has 1 heterocycles. The predicted molar refractivity (Wildman–Crippen MR) is 107 cm³/mol. The van der Waals surface area contributed by atoms with Gasteiger partial charge in [-0.25, -0.2) is 0 Å². The fourth-order valence-corrected chi connectivity index (χ4v) is 3.25. The van der Waals surface area contributed by atoms with Crippen LogP contribution in [0.25, 0.3) is 22.1 Å². The molecule has 0 bridgehead atoms. The van der Waals surface area contributed by atoms with Gasteiger partial charge in [-0.1, -0.05) is 36.4 Å². The van der Waals surface area contributed by atoms with Crippen LogP contribution in [0.2, 0.25) is 0 Å². The molecule has 0 saturated heterocycles. The quantitative estimate of drug-likeness (QED) is 0.531. The minimum Gasteiger partial charge on any atom is -0.459 e. The van der Waals surface area contributed by atoms with Crippen molar-refractivity contribution in [2.45, 2.75) is 13.5 Å². The zero-order valence-electron chi connectivity index (χ0n) is 14.9. The Morgan fingerprint density at radius 1 is 1.00 bits per heavy atom. The van der Waals surface area contributed by atoms with E-state index in [1.54, 1.807) is 6.07 Å². The average Bonchev–Trinajstić information content (AvgIpc) is 3.16. The second-order valence-electron chi connectivity index (χ2n) is 6.43. The van der Waals surface area contributed by atoms with Crippen LogP contribution in [0.1, 0.15) is 21.7 Å². The number of rotatable bonds is 4. The number of nitrogens with one attached hydrogen (secondary N) is 1. The van der Waals surface area contributed by atoms with E-state index in [1.807, 2.05) is 73.7 Å². The number of furan rings is 1. The molecule has 1 aromatic heterocycles. The minimum atomic E-state index is -0.139. The molecule has 0 aliphatic carbocycles. The van der Waals surface area contributed by atoms with E-state index in [-0.39, 0.29) is 12.5 Å². The Bertz CT molecular complexity index is 1120. The monoisotopic (exact) mass is 357 g/mol. The molecule has 27 heavy (non-hydrogen) atoms. The van der Waals surface area contributed by atoms with Crippen molar-refractivity contribution in [3.63, 3.8) is 0 Å². The van der Waals surface area contributed by atoms with E-state index < -0.39 is 0 Å². The molecule has 1 amide bonds. The van der Waals surface area contributed by atoms with Gasteiger partial charge in [0.1, 0.15) is 18.1 Å². The Balaban J connectivity index is 1.61. The average molecular weight is 357 g/mol. The third-order valence-electron chi connectivity index (χ3n) is 4.60. The highest BCUT2D eigenvalue weighted by Crippen LogP contribution is 2.28. The van der Waals surface area contributed by atoms with Crippen LogP contribution in [0.5, 0.6) is 0 Å². The van der Waals surface area contributed by atoms with Gasteiger partial charge < -0.3 is 14.8 Å². The van der Waals surface area contributed by atoms with E-state index in [9.17, 15) is 4.79 Å². The van der Waals surface area contributed by atoms with Gasteiger partial charge in [-0.3, -0.25) is 4.79 Å². The van der Waals surface area contributed by atoms with Gasteiger partial charge in [0.25, 0.3) is 5.91 Å². The second-order valence-corrected chi connectivity index (χ2v) is 6.43. The molecule has 0 atom stereocenters. The number of aryl methyl sites for hydroxylation is 1. The van der Waals surface area contributed by atoms with Crippen molar-refractivity contribution >= 4 is 22.4 Å². The summed E-state index contributed by atoms with van der Waals surface area (Å²) < 4.78 is 5.60. The lowest BCUT2D eigenvalue weighted by Gasteiger charge is -2.10. The van der Waals surface area contributed by atoms with Gasteiger partial charge >= 0.3 is 0 Å². The summed E-state index contributed by atoms with van der Waals surface area (Å²) in [5.41, 5.74) is 3.28. The summed E-state index contributed by atoms with van der Waals surface area (Å²) in [6, 6.07) is 22.8. The van der Waals surface area contributed by atoms with E-state index in [0.29, 0.717) is 17.1 Å². The molecule has 4 nitrogen and oxygen atoms in total. The molecule has 134 valence electrons. The Morgan fingerprint density at radius 2 is 1.81 bits per heavy atom.